The summed E-state index contributed by atoms with van der Waals surface area (Å²) in [5.74, 6) is -2.00. The Balaban J connectivity index is 1.69. The van der Waals surface area contributed by atoms with Crippen LogP contribution in [0.4, 0.5) is 0 Å². The standard InChI is InChI=1S/C32H33Cl2NO5S/c1-20-6-3-4-9-28(20)41(39,40)32(22-10-11-22,23-12-14-24(33)15-13-23)18-27-26(21-7-5-8-25(34)16-21)17-31(2,19-29(36)37)30(38)35-27/h3-9,12-16,22,26-27H,10-11,17-19H2,1-2H3,(H,35,38)(H,36,37). The molecule has 0 radical (unpaired) electrons. The molecule has 216 valence electrons. The molecule has 1 amide bonds. The lowest BCUT2D eigenvalue weighted by Crippen LogP contribution is -2.57. The van der Waals surface area contributed by atoms with Crippen LogP contribution in [0.1, 0.15) is 61.6 Å². The van der Waals surface area contributed by atoms with Crippen LogP contribution >= 0.6 is 23.2 Å². The summed E-state index contributed by atoms with van der Waals surface area (Å²) in [7, 11) is -3.99. The number of carboxylic acids is 1. The first-order valence-corrected chi connectivity index (χ1v) is 16.0. The van der Waals surface area contributed by atoms with Gasteiger partial charge in [0.2, 0.25) is 5.91 Å². The predicted octanol–water partition coefficient (Wildman–Crippen LogP) is 6.92. The number of hydrogen-bond acceptors (Lipinski definition) is 4. The van der Waals surface area contributed by atoms with Crippen molar-refractivity contribution in [1.29, 1.82) is 0 Å². The molecule has 0 spiro atoms. The van der Waals surface area contributed by atoms with Crippen LogP contribution in [0.2, 0.25) is 10.0 Å². The molecule has 2 fully saturated rings. The Morgan fingerprint density at radius 1 is 1.02 bits per heavy atom. The molecule has 1 saturated carbocycles. The van der Waals surface area contributed by atoms with Crippen molar-refractivity contribution < 1.29 is 23.1 Å². The van der Waals surface area contributed by atoms with Gasteiger partial charge in [-0.25, -0.2) is 8.42 Å². The quantitative estimate of drug-likeness (QED) is 0.273. The molecule has 2 aliphatic rings. The highest BCUT2D eigenvalue weighted by atomic mass is 35.5. The van der Waals surface area contributed by atoms with Gasteiger partial charge >= 0.3 is 5.97 Å². The van der Waals surface area contributed by atoms with E-state index in [1.807, 2.05) is 24.3 Å². The summed E-state index contributed by atoms with van der Waals surface area (Å²) in [6, 6.07) is 20.7. The summed E-state index contributed by atoms with van der Waals surface area (Å²) in [4.78, 5) is 25.6. The van der Waals surface area contributed by atoms with Crippen LogP contribution in [0.5, 0.6) is 0 Å². The number of nitrogens with one attached hydrogen (secondary N) is 1. The first kappa shape index (κ1) is 29.6. The zero-order valence-corrected chi connectivity index (χ0v) is 25.3. The van der Waals surface area contributed by atoms with Crippen molar-refractivity contribution in [2.45, 2.75) is 67.6 Å². The molecule has 5 rings (SSSR count). The number of piperidine rings is 1. The number of rotatable bonds is 9. The Hall–Kier alpha value is -2.87. The number of benzene rings is 3. The first-order chi connectivity index (χ1) is 19.4. The molecular weight excluding hydrogens is 581 g/mol. The van der Waals surface area contributed by atoms with Crippen molar-refractivity contribution in [2.24, 2.45) is 11.3 Å². The Labute approximate surface area is 251 Å². The Morgan fingerprint density at radius 2 is 1.71 bits per heavy atom. The normalized spacial score (nSPS) is 24.3. The maximum absolute atomic E-state index is 14.9. The van der Waals surface area contributed by atoms with Crippen LogP contribution in [-0.4, -0.2) is 31.4 Å². The van der Waals surface area contributed by atoms with Crippen molar-refractivity contribution in [2.75, 3.05) is 0 Å². The number of hydrogen-bond donors (Lipinski definition) is 2. The number of sulfone groups is 1. The maximum atomic E-state index is 14.9. The number of halogens is 2. The predicted molar refractivity (Wildman–Crippen MR) is 160 cm³/mol. The molecule has 9 heteroatoms. The number of aryl methyl sites for hydroxylation is 1. The molecule has 3 aromatic rings. The number of carbonyl (C=O) groups excluding carboxylic acids is 1. The minimum absolute atomic E-state index is 0.113. The largest absolute Gasteiger partial charge is 0.481 e. The summed E-state index contributed by atoms with van der Waals surface area (Å²) in [5, 5.41) is 13.7. The second-order valence-corrected chi connectivity index (χ2v) is 14.8. The van der Waals surface area contributed by atoms with E-state index in [0.29, 0.717) is 21.2 Å². The summed E-state index contributed by atoms with van der Waals surface area (Å²) in [6.07, 6.45) is 1.47. The van der Waals surface area contributed by atoms with E-state index in [4.69, 9.17) is 23.2 Å². The van der Waals surface area contributed by atoms with E-state index in [2.05, 4.69) is 5.32 Å². The molecule has 4 atom stereocenters. The molecule has 1 aliphatic heterocycles. The third kappa shape index (κ3) is 5.52. The van der Waals surface area contributed by atoms with Crippen LogP contribution in [0, 0.1) is 18.3 Å². The third-order valence-corrected chi connectivity index (χ3v) is 12.0. The van der Waals surface area contributed by atoms with Crippen LogP contribution in [-0.2, 0) is 24.2 Å². The van der Waals surface area contributed by atoms with Gasteiger partial charge in [-0.15, -0.1) is 0 Å². The maximum Gasteiger partial charge on any atom is 0.304 e. The van der Waals surface area contributed by atoms with Crippen LogP contribution in [0.3, 0.4) is 0 Å². The minimum Gasteiger partial charge on any atom is -0.481 e. The molecule has 6 nitrogen and oxygen atoms in total. The number of aliphatic carboxylic acids is 1. The van der Waals surface area contributed by atoms with Gasteiger partial charge in [-0.1, -0.05) is 72.6 Å². The molecule has 1 saturated heterocycles. The first-order valence-electron chi connectivity index (χ1n) is 13.7. The fourth-order valence-electron chi connectivity index (χ4n) is 6.60. The Bertz CT molecular complexity index is 1590. The molecule has 0 aromatic heterocycles. The second-order valence-electron chi connectivity index (χ2n) is 11.7. The molecule has 1 aliphatic carbocycles. The van der Waals surface area contributed by atoms with Crippen molar-refractivity contribution >= 4 is 44.9 Å². The highest BCUT2D eigenvalue weighted by molar-refractivity contribution is 7.92. The van der Waals surface area contributed by atoms with Crippen LogP contribution < -0.4 is 5.32 Å². The SMILES string of the molecule is Cc1ccccc1S(=O)(=O)C(CC1NC(=O)C(C)(CC(=O)O)CC1c1cccc(Cl)c1)(c1ccc(Cl)cc1)C1CC1. The molecule has 1 heterocycles. The Morgan fingerprint density at radius 3 is 2.32 bits per heavy atom. The average molecular weight is 615 g/mol. The van der Waals surface area contributed by atoms with Gasteiger partial charge in [0.1, 0.15) is 4.75 Å². The van der Waals surface area contributed by atoms with Gasteiger partial charge in [-0.3, -0.25) is 9.59 Å². The molecule has 2 N–H and O–H groups in total. The lowest BCUT2D eigenvalue weighted by molar-refractivity contribution is -0.147. The van der Waals surface area contributed by atoms with Crippen molar-refractivity contribution in [3.05, 3.63) is 99.5 Å². The average Bonchev–Trinajstić information content (AvgIpc) is 3.75. The van der Waals surface area contributed by atoms with Gasteiger partial charge in [0, 0.05) is 22.0 Å². The fourth-order valence-corrected chi connectivity index (χ4v) is 9.58. The fraction of sp³-hybridized carbons (Fsp3) is 0.375. The molecule has 4 unspecified atom stereocenters. The minimum atomic E-state index is -3.99. The van der Waals surface area contributed by atoms with Gasteiger partial charge in [-0.05, 0) is 85.5 Å². The van der Waals surface area contributed by atoms with E-state index in [-0.39, 0.29) is 36.0 Å². The van der Waals surface area contributed by atoms with Crippen molar-refractivity contribution in [3.8, 4) is 0 Å². The van der Waals surface area contributed by atoms with Gasteiger partial charge in [0.05, 0.1) is 16.7 Å². The number of amides is 1. The van der Waals surface area contributed by atoms with E-state index >= 15 is 0 Å². The van der Waals surface area contributed by atoms with E-state index in [1.165, 1.54) is 0 Å². The lowest BCUT2D eigenvalue weighted by atomic mass is 9.67. The zero-order valence-electron chi connectivity index (χ0n) is 22.9. The highest BCUT2D eigenvalue weighted by Gasteiger charge is 2.59. The number of carboxylic acid groups (broad SMARTS) is 1. The van der Waals surface area contributed by atoms with Crippen LogP contribution in [0.15, 0.2) is 77.7 Å². The lowest BCUT2D eigenvalue weighted by Gasteiger charge is -2.46. The van der Waals surface area contributed by atoms with Crippen molar-refractivity contribution in [3.63, 3.8) is 0 Å². The smallest absolute Gasteiger partial charge is 0.304 e. The summed E-state index contributed by atoms with van der Waals surface area (Å²) < 4.78 is 28.5. The van der Waals surface area contributed by atoms with Crippen molar-refractivity contribution in [1.82, 2.24) is 5.32 Å². The van der Waals surface area contributed by atoms with E-state index < -0.39 is 37.9 Å². The third-order valence-electron chi connectivity index (χ3n) is 8.79. The summed E-state index contributed by atoms with van der Waals surface area (Å²) >= 11 is 12.6. The molecule has 41 heavy (non-hydrogen) atoms. The van der Waals surface area contributed by atoms with Gasteiger partial charge in [0.15, 0.2) is 9.84 Å². The van der Waals surface area contributed by atoms with E-state index in [1.54, 1.807) is 62.4 Å². The molecule has 0 bridgehead atoms. The summed E-state index contributed by atoms with van der Waals surface area (Å²) in [5.41, 5.74) is 0.936. The molecular formula is C32H33Cl2NO5S. The van der Waals surface area contributed by atoms with Gasteiger partial charge < -0.3 is 10.4 Å². The zero-order chi connectivity index (χ0) is 29.6. The monoisotopic (exact) mass is 613 g/mol. The molecule has 3 aromatic carbocycles. The number of carbonyl (C=O) groups is 2. The van der Waals surface area contributed by atoms with Gasteiger partial charge in [-0.2, -0.15) is 0 Å². The second kappa shape index (κ2) is 11.1. The summed E-state index contributed by atoms with van der Waals surface area (Å²) in [6.45, 7) is 3.45. The van der Waals surface area contributed by atoms with E-state index in [0.717, 1.165) is 18.4 Å². The van der Waals surface area contributed by atoms with E-state index in [9.17, 15) is 23.1 Å². The Kier molecular flexibility index (Phi) is 8.01. The highest BCUT2D eigenvalue weighted by Crippen LogP contribution is 2.57. The topological polar surface area (TPSA) is 101 Å². The van der Waals surface area contributed by atoms with Gasteiger partial charge in [0.25, 0.3) is 0 Å². The van der Waals surface area contributed by atoms with Crippen LogP contribution in [0.25, 0.3) is 0 Å².